The van der Waals surface area contributed by atoms with Gasteiger partial charge < -0.3 is 14.2 Å². The van der Waals surface area contributed by atoms with Crippen LogP contribution in [0, 0.1) is 0 Å². The van der Waals surface area contributed by atoms with Gasteiger partial charge in [-0.2, -0.15) is 5.10 Å². The lowest BCUT2D eigenvalue weighted by molar-refractivity contribution is -0.136. The van der Waals surface area contributed by atoms with Gasteiger partial charge in [0.1, 0.15) is 30.4 Å². The van der Waals surface area contributed by atoms with Crippen molar-refractivity contribution in [3.05, 3.63) is 24.3 Å². The lowest BCUT2D eigenvalue weighted by atomic mass is 10.2. The van der Waals surface area contributed by atoms with Gasteiger partial charge in [0.25, 0.3) is 0 Å². The van der Waals surface area contributed by atoms with E-state index in [1.807, 2.05) is 19.1 Å². The Morgan fingerprint density at radius 2 is 1.82 bits per heavy atom. The van der Waals surface area contributed by atoms with E-state index in [0.29, 0.717) is 18.8 Å². The number of hydrogen-bond acceptors (Lipinski definition) is 6. The average molecular weight is 306 g/mol. The molecule has 22 heavy (non-hydrogen) atoms. The molecule has 0 saturated heterocycles. The van der Waals surface area contributed by atoms with Gasteiger partial charge in [-0.05, 0) is 31.2 Å². The van der Waals surface area contributed by atoms with Crippen LogP contribution >= 0.6 is 0 Å². The molecule has 1 heterocycles. The molecule has 0 atom stereocenters. The first-order valence-corrected chi connectivity index (χ1v) is 7.07. The fourth-order valence-electron chi connectivity index (χ4n) is 1.80. The summed E-state index contributed by atoms with van der Waals surface area (Å²) >= 11 is 0. The van der Waals surface area contributed by atoms with Crippen molar-refractivity contribution in [2.75, 3.05) is 19.8 Å². The molecule has 7 nitrogen and oxygen atoms in total. The van der Waals surface area contributed by atoms with E-state index in [9.17, 15) is 9.59 Å². The van der Waals surface area contributed by atoms with Gasteiger partial charge in [-0.1, -0.05) is 0 Å². The third-order valence-electron chi connectivity index (χ3n) is 2.86. The first-order chi connectivity index (χ1) is 10.7. The summed E-state index contributed by atoms with van der Waals surface area (Å²) in [4.78, 5) is 22.6. The zero-order valence-corrected chi connectivity index (χ0v) is 12.3. The molecule has 1 amide bonds. The van der Waals surface area contributed by atoms with Crippen molar-refractivity contribution in [2.45, 2.75) is 19.8 Å². The van der Waals surface area contributed by atoms with Crippen LogP contribution in [-0.4, -0.2) is 37.4 Å². The second-order valence-electron chi connectivity index (χ2n) is 4.48. The Labute approximate surface area is 128 Å². The van der Waals surface area contributed by atoms with E-state index in [4.69, 9.17) is 14.2 Å². The highest BCUT2D eigenvalue weighted by Gasteiger charge is 2.19. The number of nitrogens with zero attached hydrogens (tertiary/aromatic N) is 1. The van der Waals surface area contributed by atoms with Gasteiger partial charge in [0.15, 0.2) is 0 Å². The van der Waals surface area contributed by atoms with Gasteiger partial charge in [0.05, 0.1) is 6.61 Å². The van der Waals surface area contributed by atoms with Crippen LogP contribution in [0.15, 0.2) is 29.4 Å². The molecule has 1 aromatic carbocycles. The number of rotatable bonds is 7. The summed E-state index contributed by atoms with van der Waals surface area (Å²) in [6.07, 6.45) is 0.543. The van der Waals surface area contributed by atoms with Gasteiger partial charge in [-0.15, -0.1) is 0 Å². The van der Waals surface area contributed by atoms with Gasteiger partial charge >= 0.3 is 5.97 Å². The first kappa shape index (κ1) is 15.8. The van der Waals surface area contributed by atoms with Crippen LogP contribution in [0.5, 0.6) is 11.5 Å². The third kappa shape index (κ3) is 4.76. The third-order valence-corrected chi connectivity index (χ3v) is 2.86. The second kappa shape index (κ2) is 8.02. The maximum Gasteiger partial charge on any atom is 0.354 e. The molecule has 118 valence electrons. The minimum Gasteiger partial charge on any atom is -0.494 e. The predicted molar refractivity (Wildman–Crippen MR) is 78.9 cm³/mol. The molecule has 0 unspecified atom stereocenters. The lowest BCUT2D eigenvalue weighted by Crippen LogP contribution is -2.31. The summed E-state index contributed by atoms with van der Waals surface area (Å²) in [6, 6.07) is 7.19. The zero-order valence-electron chi connectivity index (χ0n) is 12.3. The SMILES string of the molecule is CCOc1ccc(OCCOC(=O)C2=NNC(=O)CC2)cc1. The largest absolute Gasteiger partial charge is 0.494 e. The summed E-state index contributed by atoms with van der Waals surface area (Å²) in [5.41, 5.74) is 2.47. The van der Waals surface area contributed by atoms with Crippen molar-refractivity contribution in [3.63, 3.8) is 0 Å². The summed E-state index contributed by atoms with van der Waals surface area (Å²) in [5.74, 6) is 0.714. The van der Waals surface area contributed by atoms with Crippen molar-refractivity contribution < 1.29 is 23.8 Å². The monoisotopic (exact) mass is 306 g/mol. The number of nitrogens with one attached hydrogen (secondary N) is 1. The smallest absolute Gasteiger partial charge is 0.354 e. The van der Waals surface area contributed by atoms with Crippen LogP contribution in [0.2, 0.25) is 0 Å². The normalized spacial score (nSPS) is 13.9. The quantitative estimate of drug-likeness (QED) is 0.605. The Balaban J connectivity index is 1.68. The van der Waals surface area contributed by atoms with Crippen LogP contribution in [0.25, 0.3) is 0 Å². The minimum atomic E-state index is -0.532. The molecule has 0 bridgehead atoms. The van der Waals surface area contributed by atoms with E-state index in [2.05, 4.69) is 10.5 Å². The zero-order chi connectivity index (χ0) is 15.8. The number of esters is 1. The van der Waals surface area contributed by atoms with E-state index in [-0.39, 0.29) is 31.3 Å². The van der Waals surface area contributed by atoms with E-state index in [0.717, 1.165) is 5.75 Å². The predicted octanol–water partition coefficient (Wildman–Crippen LogP) is 1.27. The molecule has 0 spiro atoms. The molecule has 0 saturated carbocycles. The second-order valence-corrected chi connectivity index (χ2v) is 4.48. The van der Waals surface area contributed by atoms with E-state index in [1.54, 1.807) is 12.1 Å². The molecule has 1 N–H and O–H groups in total. The van der Waals surface area contributed by atoms with Crippen LogP contribution in [-0.2, 0) is 14.3 Å². The molecule has 0 fully saturated rings. The van der Waals surface area contributed by atoms with Crippen molar-refractivity contribution in [1.82, 2.24) is 5.43 Å². The van der Waals surface area contributed by atoms with Crippen molar-refractivity contribution >= 4 is 17.6 Å². The highest BCUT2D eigenvalue weighted by molar-refractivity contribution is 6.37. The molecule has 1 aliphatic heterocycles. The molecule has 0 aliphatic carbocycles. The number of ether oxygens (including phenoxy) is 3. The van der Waals surface area contributed by atoms with Crippen LogP contribution in [0.1, 0.15) is 19.8 Å². The summed E-state index contributed by atoms with van der Waals surface area (Å²) < 4.78 is 15.8. The number of carbonyl (C=O) groups excluding carboxylic acids is 2. The van der Waals surface area contributed by atoms with E-state index < -0.39 is 5.97 Å². The molecule has 2 rings (SSSR count). The summed E-state index contributed by atoms with van der Waals surface area (Å²) in [5, 5.41) is 3.66. The maximum absolute atomic E-state index is 11.7. The van der Waals surface area contributed by atoms with Crippen LogP contribution in [0.4, 0.5) is 0 Å². The Bertz CT molecular complexity index is 554. The van der Waals surface area contributed by atoms with Gasteiger partial charge in [0.2, 0.25) is 5.91 Å². The first-order valence-electron chi connectivity index (χ1n) is 7.07. The van der Waals surface area contributed by atoms with Crippen molar-refractivity contribution in [3.8, 4) is 11.5 Å². The summed E-state index contributed by atoms with van der Waals surface area (Å²) in [6.45, 7) is 2.87. The lowest BCUT2D eigenvalue weighted by Gasteiger charge is -2.12. The van der Waals surface area contributed by atoms with Crippen LogP contribution < -0.4 is 14.9 Å². The highest BCUT2D eigenvalue weighted by atomic mass is 16.6. The Hall–Kier alpha value is -2.57. The molecule has 0 aromatic heterocycles. The fraction of sp³-hybridized carbons (Fsp3) is 0.400. The molecule has 0 radical (unpaired) electrons. The molecule has 1 aliphatic rings. The fourth-order valence-corrected chi connectivity index (χ4v) is 1.80. The minimum absolute atomic E-state index is 0.110. The summed E-state index contributed by atoms with van der Waals surface area (Å²) in [7, 11) is 0. The molecule has 1 aromatic rings. The van der Waals surface area contributed by atoms with Gasteiger partial charge in [-0.3, -0.25) is 4.79 Å². The van der Waals surface area contributed by atoms with E-state index in [1.165, 1.54) is 0 Å². The Kier molecular flexibility index (Phi) is 5.76. The topological polar surface area (TPSA) is 86.2 Å². The number of carbonyl (C=O) groups is 2. The number of benzene rings is 1. The van der Waals surface area contributed by atoms with Gasteiger partial charge in [0, 0.05) is 12.8 Å². The van der Waals surface area contributed by atoms with Crippen molar-refractivity contribution in [2.24, 2.45) is 5.10 Å². The van der Waals surface area contributed by atoms with Crippen molar-refractivity contribution in [1.29, 1.82) is 0 Å². The number of hydrogen-bond donors (Lipinski definition) is 1. The molecular weight excluding hydrogens is 288 g/mol. The molecule has 7 heteroatoms. The number of amides is 1. The average Bonchev–Trinajstić information content (AvgIpc) is 2.54. The van der Waals surface area contributed by atoms with E-state index >= 15 is 0 Å². The maximum atomic E-state index is 11.7. The number of hydrazone groups is 1. The Morgan fingerprint density at radius 3 is 2.41 bits per heavy atom. The molecular formula is C15H18N2O5. The van der Waals surface area contributed by atoms with Gasteiger partial charge in [-0.25, -0.2) is 10.2 Å². The standard InChI is InChI=1S/C15H18N2O5/c1-2-20-11-3-5-12(6-4-11)21-9-10-22-15(19)13-7-8-14(18)17-16-13/h3-6H,2,7-10H2,1H3,(H,17,18). The Morgan fingerprint density at radius 1 is 1.14 bits per heavy atom. The highest BCUT2D eigenvalue weighted by Crippen LogP contribution is 2.17. The van der Waals surface area contributed by atoms with Crippen LogP contribution in [0.3, 0.4) is 0 Å².